The van der Waals surface area contributed by atoms with E-state index in [1.807, 2.05) is 0 Å². The number of benzene rings is 1. The minimum Gasteiger partial charge on any atom is -0.379 e. The molecule has 2 heterocycles. The van der Waals surface area contributed by atoms with E-state index in [1.54, 1.807) is 24.0 Å². The van der Waals surface area contributed by atoms with Crippen molar-refractivity contribution in [2.75, 3.05) is 39.4 Å². The molecule has 138 valence electrons. The Morgan fingerprint density at radius 3 is 2.44 bits per heavy atom. The monoisotopic (exact) mass is 367 g/mol. The van der Waals surface area contributed by atoms with Crippen molar-refractivity contribution in [2.45, 2.75) is 30.7 Å². The van der Waals surface area contributed by atoms with E-state index in [-0.39, 0.29) is 16.8 Å². The van der Waals surface area contributed by atoms with Gasteiger partial charge in [-0.15, -0.1) is 0 Å². The second-order valence-corrected chi connectivity index (χ2v) is 8.53. The summed E-state index contributed by atoms with van der Waals surface area (Å²) in [7, 11) is -3.63. The second kappa shape index (κ2) is 7.41. The fourth-order valence-electron chi connectivity index (χ4n) is 3.22. The lowest BCUT2D eigenvalue weighted by molar-refractivity contribution is 0.0713. The largest absolute Gasteiger partial charge is 0.379 e. The number of carbonyl (C=O) groups is 1. The highest BCUT2D eigenvalue weighted by molar-refractivity contribution is 7.89. The van der Waals surface area contributed by atoms with Gasteiger partial charge in [-0.05, 0) is 37.5 Å². The number of ether oxygens (including phenoxy) is 1. The maximum Gasteiger partial charge on any atom is 0.253 e. The summed E-state index contributed by atoms with van der Waals surface area (Å²) in [5, 5.41) is 0. The van der Waals surface area contributed by atoms with Gasteiger partial charge in [0, 0.05) is 37.8 Å². The number of likely N-dealkylation sites (tertiary alicyclic amines) is 1. The molecule has 1 aromatic rings. The molecule has 7 nitrogen and oxygen atoms in total. The van der Waals surface area contributed by atoms with Gasteiger partial charge in [0.2, 0.25) is 10.0 Å². The number of morpholine rings is 1. The molecular weight excluding hydrogens is 342 g/mol. The van der Waals surface area contributed by atoms with Gasteiger partial charge in [0.25, 0.3) is 5.91 Å². The van der Waals surface area contributed by atoms with E-state index in [0.717, 1.165) is 12.8 Å². The summed E-state index contributed by atoms with van der Waals surface area (Å²) in [4.78, 5) is 14.7. The van der Waals surface area contributed by atoms with Crippen LogP contribution in [0.2, 0.25) is 0 Å². The molecule has 2 N–H and O–H groups in total. The standard InChI is InChI=1S/C17H25N3O4S/c1-13-2-3-14(17(21)19-6-4-15(18)5-7-19)12-16(13)25(22,23)20-8-10-24-11-9-20/h2-3,12,15H,4-11,18H2,1H3. The Hall–Kier alpha value is -1.48. The average Bonchev–Trinajstić information content (AvgIpc) is 2.63. The van der Waals surface area contributed by atoms with Crippen LogP contribution in [0.4, 0.5) is 0 Å². The summed E-state index contributed by atoms with van der Waals surface area (Å²) in [6.45, 7) is 4.43. The summed E-state index contributed by atoms with van der Waals surface area (Å²) >= 11 is 0. The van der Waals surface area contributed by atoms with Crippen molar-refractivity contribution in [2.24, 2.45) is 5.73 Å². The van der Waals surface area contributed by atoms with E-state index in [9.17, 15) is 13.2 Å². The Morgan fingerprint density at radius 2 is 1.80 bits per heavy atom. The van der Waals surface area contributed by atoms with Crippen molar-refractivity contribution in [3.05, 3.63) is 29.3 Å². The van der Waals surface area contributed by atoms with Crippen LogP contribution >= 0.6 is 0 Å². The molecule has 0 saturated carbocycles. The number of hydrogen-bond acceptors (Lipinski definition) is 5. The number of carbonyl (C=O) groups excluding carboxylic acids is 1. The summed E-state index contributed by atoms with van der Waals surface area (Å²) in [5.41, 5.74) is 6.94. The smallest absolute Gasteiger partial charge is 0.253 e. The van der Waals surface area contributed by atoms with Crippen molar-refractivity contribution >= 4 is 15.9 Å². The molecule has 0 aromatic heterocycles. The van der Waals surface area contributed by atoms with E-state index in [0.29, 0.717) is 50.5 Å². The molecule has 0 aliphatic carbocycles. The molecule has 1 aromatic carbocycles. The Bertz CT molecular complexity index is 736. The van der Waals surface area contributed by atoms with E-state index in [2.05, 4.69) is 0 Å². The van der Waals surface area contributed by atoms with Gasteiger partial charge in [-0.2, -0.15) is 4.31 Å². The number of nitrogens with zero attached hydrogens (tertiary/aromatic N) is 2. The Labute approximate surface area is 148 Å². The number of nitrogens with two attached hydrogens (primary N) is 1. The molecule has 8 heteroatoms. The molecule has 2 saturated heterocycles. The first-order chi connectivity index (χ1) is 11.9. The van der Waals surface area contributed by atoms with Gasteiger partial charge >= 0.3 is 0 Å². The van der Waals surface area contributed by atoms with Gasteiger partial charge in [0.1, 0.15) is 0 Å². The van der Waals surface area contributed by atoms with Crippen LogP contribution < -0.4 is 5.73 Å². The van der Waals surface area contributed by atoms with Gasteiger partial charge < -0.3 is 15.4 Å². The average molecular weight is 367 g/mol. The third-order valence-electron chi connectivity index (χ3n) is 4.85. The summed E-state index contributed by atoms with van der Waals surface area (Å²) in [6, 6.07) is 5.05. The topological polar surface area (TPSA) is 92.9 Å². The molecule has 3 rings (SSSR count). The van der Waals surface area contributed by atoms with E-state index in [4.69, 9.17) is 10.5 Å². The lowest BCUT2D eigenvalue weighted by Gasteiger charge is -2.30. The van der Waals surface area contributed by atoms with Gasteiger partial charge in [0.15, 0.2) is 0 Å². The Kier molecular flexibility index (Phi) is 5.43. The Balaban J connectivity index is 1.86. The number of amides is 1. The van der Waals surface area contributed by atoms with Crippen molar-refractivity contribution in [3.8, 4) is 0 Å². The lowest BCUT2D eigenvalue weighted by atomic mass is 10.0. The number of rotatable bonds is 3. The first-order valence-electron chi connectivity index (χ1n) is 8.63. The summed E-state index contributed by atoms with van der Waals surface area (Å²) in [5.74, 6) is -0.134. The lowest BCUT2D eigenvalue weighted by Crippen LogP contribution is -2.43. The molecule has 2 aliphatic heterocycles. The van der Waals surface area contributed by atoms with Crippen molar-refractivity contribution in [1.82, 2.24) is 9.21 Å². The predicted molar refractivity (Wildman–Crippen MR) is 93.9 cm³/mol. The molecule has 0 radical (unpaired) electrons. The van der Waals surface area contributed by atoms with Crippen LogP contribution in [-0.2, 0) is 14.8 Å². The van der Waals surface area contributed by atoms with E-state index < -0.39 is 10.0 Å². The zero-order valence-corrected chi connectivity index (χ0v) is 15.3. The molecule has 25 heavy (non-hydrogen) atoms. The second-order valence-electron chi connectivity index (χ2n) is 6.63. The molecule has 0 bridgehead atoms. The highest BCUT2D eigenvalue weighted by Gasteiger charge is 2.29. The number of sulfonamides is 1. The van der Waals surface area contributed by atoms with Crippen LogP contribution in [0, 0.1) is 6.92 Å². The number of aryl methyl sites for hydroxylation is 1. The summed E-state index contributed by atoms with van der Waals surface area (Å²) < 4.78 is 32.5. The predicted octanol–water partition coefficient (Wildman–Crippen LogP) is 0.579. The zero-order valence-electron chi connectivity index (χ0n) is 14.5. The van der Waals surface area contributed by atoms with Crippen LogP contribution in [-0.4, -0.2) is 69.0 Å². The summed E-state index contributed by atoms with van der Waals surface area (Å²) in [6.07, 6.45) is 1.55. The third kappa shape index (κ3) is 3.87. The van der Waals surface area contributed by atoms with E-state index >= 15 is 0 Å². The normalized spacial score (nSPS) is 20.6. The number of hydrogen-bond donors (Lipinski definition) is 1. The minimum atomic E-state index is -3.63. The van der Waals surface area contributed by atoms with Crippen LogP contribution in [0.1, 0.15) is 28.8 Å². The van der Waals surface area contributed by atoms with Gasteiger partial charge in [0.05, 0.1) is 18.1 Å². The highest BCUT2D eigenvalue weighted by atomic mass is 32.2. The fourth-order valence-corrected chi connectivity index (χ4v) is 4.88. The van der Waals surface area contributed by atoms with Crippen molar-refractivity contribution in [1.29, 1.82) is 0 Å². The quantitative estimate of drug-likeness (QED) is 0.843. The molecule has 0 spiro atoms. The maximum absolute atomic E-state index is 12.9. The van der Waals surface area contributed by atoms with Crippen LogP contribution in [0.3, 0.4) is 0 Å². The first kappa shape index (κ1) is 18.3. The minimum absolute atomic E-state index is 0.134. The SMILES string of the molecule is Cc1ccc(C(=O)N2CCC(N)CC2)cc1S(=O)(=O)N1CCOCC1. The van der Waals surface area contributed by atoms with Crippen molar-refractivity contribution < 1.29 is 17.9 Å². The molecular formula is C17H25N3O4S. The third-order valence-corrected chi connectivity index (χ3v) is 6.89. The van der Waals surface area contributed by atoms with Gasteiger partial charge in [-0.3, -0.25) is 4.79 Å². The molecule has 0 unspecified atom stereocenters. The van der Waals surface area contributed by atoms with Gasteiger partial charge in [-0.25, -0.2) is 8.42 Å². The number of piperidine rings is 1. The Morgan fingerprint density at radius 1 is 1.16 bits per heavy atom. The van der Waals surface area contributed by atoms with Crippen LogP contribution in [0.5, 0.6) is 0 Å². The van der Waals surface area contributed by atoms with Crippen LogP contribution in [0.25, 0.3) is 0 Å². The van der Waals surface area contributed by atoms with Crippen LogP contribution in [0.15, 0.2) is 23.1 Å². The maximum atomic E-state index is 12.9. The fraction of sp³-hybridized carbons (Fsp3) is 0.588. The molecule has 1 amide bonds. The van der Waals surface area contributed by atoms with Crippen molar-refractivity contribution in [3.63, 3.8) is 0 Å². The van der Waals surface area contributed by atoms with E-state index in [1.165, 1.54) is 10.4 Å². The zero-order chi connectivity index (χ0) is 18.0. The highest BCUT2D eigenvalue weighted by Crippen LogP contribution is 2.23. The van der Waals surface area contributed by atoms with Gasteiger partial charge in [-0.1, -0.05) is 6.07 Å². The molecule has 2 aliphatic rings. The molecule has 0 atom stereocenters. The molecule has 2 fully saturated rings. The first-order valence-corrected chi connectivity index (χ1v) is 10.1.